The Hall–Kier alpha value is -3.38. The van der Waals surface area contributed by atoms with E-state index in [4.69, 9.17) is 0 Å². The van der Waals surface area contributed by atoms with E-state index in [0.29, 0.717) is 9.48 Å². The zero-order valence-corrected chi connectivity index (χ0v) is 32.2. The highest BCUT2D eigenvalue weighted by Gasteiger charge is 2.72. The molecular weight excluding hydrogens is 649 g/mol. The molecule has 0 radical (unpaired) electrons. The molecule has 0 saturated heterocycles. The van der Waals surface area contributed by atoms with Crippen LogP contribution in [0.5, 0.6) is 0 Å². The SMILES string of the molecule is CC(C)(C)/[N+]([O-])=C/[C@@](C=NCc1ccccc1)([C@](C=NCc1ccccc1)(/C=[N+](\[O-])C(C)(C)C)S(=O)(=O)C(C)(C)C)S(=O)(=O)C(C)(C)C. The van der Waals surface area contributed by atoms with Gasteiger partial charge < -0.3 is 10.4 Å². The van der Waals surface area contributed by atoms with Crippen molar-refractivity contribution in [2.75, 3.05) is 0 Å². The van der Waals surface area contributed by atoms with Gasteiger partial charge in [0.2, 0.25) is 9.49 Å². The van der Waals surface area contributed by atoms with Crippen LogP contribution in [0.4, 0.5) is 0 Å². The van der Waals surface area contributed by atoms with Crippen molar-refractivity contribution >= 4 is 44.5 Å². The second kappa shape index (κ2) is 14.2. The fourth-order valence-corrected chi connectivity index (χ4v) is 9.29. The van der Waals surface area contributed by atoms with E-state index >= 15 is 16.8 Å². The molecule has 0 saturated carbocycles. The van der Waals surface area contributed by atoms with Gasteiger partial charge in [0.1, 0.15) is 0 Å². The molecule has 10 nitrogen and oxygen atoms in total. The van der Waals surface area contributed by atoms with Crippen molar-refractivity contribution in [3.05, 3.63) is 82.2 Å². The lowest BCUT2D eigenvalue weighted by Gasteiger charge is -2.44. The molecule has 0 bridgehead atoms. The third-order valence-corrected chi connectivity index (χ3v) is 14.1. The van der Waals surface area contributed by atoms with Crippen molar-refractivity contribution in [3.8, 4) is 0 Å². The molecule has 0 aliphatic heterocycles. The molecule has 2 aromatic rings. The molecule has 266 valence electrons. The number of rotatable bonds is 11. The molecule has 0 N–H and O–H groups in total. The molecule has 0 heterocycles. The summed E-state index contributed by atoms with van der Waals surface area (Å²) in [6.45, 7) is 18.0. The van der Waals surface area contributed by atoms with Crippen molar-refractivity contribution in [1.29, 1.82) is 0 Å². The first-order chi connectivity index (χ1) is 21.7. The van der Waals surface area contributed by atoms with E-state index < -0.39 is 49.7 Å². The van der Waals surface area contributed by atoms with Crippen LogP contribution in [0.1, 0.15) is 94.2 Å². The van der Waals surface area contributed by atoms with Crippen LogP contribution in [-0.2, 0) is 32.8 Å². The Kier molecular flexibility index (Phi) is 12.1. The van der Waals surface area contributed by atoms with E-state index in [9.17, 15) is 10.4 Å². The van der Waals surface area contributed by atoms with E-state index in [1.54, 1.807) is 90.1 Å². The van der Waals surface area contributed by atoms with Crippen molar-refractivity contribution in [3.63, 3.8) is 0 Å². The molecule has 0 aliphatic carbocycles. The lowest BCUT2D eigenvalue weighted by molar-refractivity contribution is -0.534. The Morgan fingerprint density at radius 3 is 1.04 bits per heavy atom. The van der Waals surface area contributed by atoms with Crippen LogP contribution in [0.25, 0.3) is 0 Å². The molecule has 2 aromatic carbocycles. The lowest BCUT2D eigenvalue weighted by atomic mass is 9.92. The minimum absolute atomic E-state index is 0.0301. The summed E-state index contributed by atoms with van der Waals surface area (Å²) >= 11 is 0. The molecule has 48 heavy (non-hydrogen) atoms. The van der Waals surface area contributed by atoms with E-state index in [0.717, 1.165) is 36.0 Å². The molecule has 0 fully saturated rings. The normalized spacial score (nSPS) is 17.4. The summed E-state index contributed by atoms with van der Waals surface area (Å²) in [6.07, 6.45) is 3.80. The molecular formula is C36H54N4O6S2. The second-order valence-electron chi connectivity index (χ2n) is 16.0. The van der Waals surface area contributed by atoms with Gasteiger partial charge in [-0.2, -0.15) is 0 Å². The zero-order valence-electron chi connectivity index (χ0n) is 30.6. The Balaban J connectivity index is 3.47. The number of benzene rings is 2. The standard InChI is InChI=1S/C36H54N4O6S2/c1-31(2,3)39(41)27-35(47(43,44)33(7,8)9,25-37-23-29-19-15-13-16-20-29)36(28-40(42)32(4,5)6,48(45,46)34(10,11)12)26-38-24-30-21-17-14-18-22-30/h13-22,25-28H,23-24H2,1-12H3/b37-25?,38-26?,39-27-,40-28-/t35-,36-/m0/s1. The van der Waals surface area contributed by atoms with Gasteiger partial charge in [-0.1, -0.05) is 60.7 Å². The summed E-state index contributed by atoms with van der Waals surface area (Å²) in [5.74, 6) is 0. The summed E-state index contributed by atoms with van der Waals surface area (Å²) in [7, 11) is -9.62. The van der Waals surface area contributed by atoms with Crippen LogP contribution in [-0.4, -0.2) is 81.2 Å². The van der Waals surface area contributed by atoms with Gasteiger partial charge in [-0.3, -0.25) is 9.98 Å². The van der Waals surface area contributed by atoms with Crippen molar-refractivity contribution < 1.29 is 26.3 Å². The van der Waals surface area contributed by atoms with Crippen LogP contribution in [0.3, 0.4) is 0 Å². The first-order valence-electron chi connectivity index (χ1n) is 15.9. The van der Waals surface area contributed by atoms with Crippen molar-refractivity contribution in [2.45, 2.75) is 126 Å². The highest BCUT2D eigenvalue weighted by molar-refractivity contribution is 8.00. The minimum atomic E-state index is -4.81. The Morgan fingerprint density at radius 2 is 0.812 bits per heavy atom. The Morgan fingerprint density at radius 1 is 0.542 bits per heavy atom. The van der Waals surface area contributed by atoms with Gasteiger partial charge in [0.05, 0.1) is 22.6 Å². The maximum Gasteiger partial charge on any atom is 0.218 e. The largest absolute Gasteiger partial charge is 0.624 e. The van der Waals surface area contributed by atoms with Crippen LogP contribution in [0.2, 0.25) is 0 Å². The summed E-state index contributed by atoms with van der Waals surface area (Å²) in [6, 6.07) is 18.0. The number of hydroxylamine groups is 2. The average molecular weight is 703 g/mol. The molecule has 12 heteroatoms. The topological polar surface area (TPSA) is 145 Å². The van der Waals surface area contributed by atoms with Crippen LogP contribution in [0.15, 0.2) is 70.6 Å². The van der Waals surface area contributed by atoms with E-state index in [-0.39, 0.29) is 13.1 Å². The number of nitrogens with zero attached hydrogens (tertiary/aromatic N) is 4. The summed E-state index contributed by atoms with van der Waals surface area (Å²) in [5.41, 5.74) is -0.995. The third-order valence-electron chi connectivity index (χ3n) is 7.85. The molecule has 2 rings (SSSR count). The summed E-state index contributed by atoms with van der Waals surface area (Å²) in [4.78, 5) is 9.12. The number of hydrogen-bond donors (Lipinski definition) is 0. The molecule has 0 aliphatic rings. The maximum absolute atomic E-state index is 15.3. The lowest BCUT2D eigenvalue weighted by Crippen LogP contribution is -2.73. The molecule has 0 spiro atoms. The summed E-state index contributed by atoms with van der Waals surface area (Å²) < 4.78 is 53.2. The molecule has 0 amide bonds. The first kappa shape index (κ1) is 40.8. The number of aliphatic imine (C=N–C) groups is 2. The highest BCUT2D eigenvalue weighted by Crippen LogP contribution is 2.43. The maximum atomic E-state index is 15.3. The quantitative estimate of drug-likeness (QED) is 0.118. The monoisotopic (exact) mass is 702 g/mol. The van der Waals surface area contributed by atoms with Gasteiger partial charge in [-0.25, -0.2) is 26.3 Å². The van der Waals surface area contributed by atoms with Gasteiger partial charge in [0.15, 0.2) is 43.2 Å². The predicted molar refractivity (Wildman–Crippen MR) is 199 cm³/mol. The van der Waals surface area contributed by atoms with E-state index in [1.807, 2.05) is 12.1 Å². The Bertz CT molecular complexity index is 1610. The van der Waals surface area contributed by atoms with Gasteiger partial charge in [-0.05, 0) is 52.7 Å². The summed E-state index contributed by atoms with van der Waals surface area (Å²) in [5, 5.41) is 28.2. The zero-order chi connectivity index (χ0) is 37.0. The third kappa shape index (κ3) is 8.42. The van der Waals surface area contributed by atoms with E-state index in [1.165, 1.54) is 41.5 Å². The van der Waals surface area contributed by atoms with Crippen LogP contribution in [0, 0.1) is 10.4 Å². The van der Waals surface area contributed by atoms with Crippen LogP contribution < -0.4 is 0 Å². The van der Waals surface area contributed by atoms with Gasteiger partial charge in [0.25, 0.3) is 0 Å². The van der Waals surface area contributed by atoms with Crippen LogP contribution >= 0.6 is 0 Å². The van der Waals surface area contributed by atoms with Crippen molar-refractivity contribution in [2.24, 2.45) is 9.98 Å². The predicted octanol–water partition coefficient (Wildman–Crippen LogP) is 6.19. The van der Waals surface area contributed by atoms with Gasteiger partial charge in [-0.15, -0.1) is 0 Å². The Labute approximate surface area is 288 Å². The highest BCUT2D eigenvalue weighted by atomic mass is 32.2. The smallest absolute Gasteiger partial charge is 0.218 e. The second-order valence-corrected chi connectivity index (χ2v) is 21.8. The minimum Gasteiger partial charge on any atom is -0.624 e. The van der Waals surface area contributed by atoms with E-state index in [2.05, 4.69) is 9.98 Å². The molecule has 0 unspecified atom stereocenters. The first-order valence-corrected chi connectivity index (χ1v) is 18.9. The average Bonchev–Trinajstić information content (AvgIpc) is 2.94. The number of hydrogen-bond acceptors (Lipinski definition) is 8. The fraction of sp³-hybridized carbons (Fsp3) is 0.556. The van der Waals surface area contributed by atoms with Gasteiger partial charge in [0, 0.05) is 54.0 Å². The molecule has 2 atom stereocenters. The fourth-order valence-electron chi connectivity index (χ4n) is 4.66. The van der Waals surface area contributed by atoms with Gasteiger partial charge >= 0.3 is 0 Å². The molecule has 0 aromatic heterocycles. The van der Waals surface area contributed by atoms with Crippen molar-refractivity contribution in [1.82, 2.24) is 0 Å². The number of sulfone groups is 2.